The lowest BCUT2D eigenvalue weighted by Crippen LogP contribution is -2.42. The van der Waals surface area contributed by atoms with Crippen LogP contribution in [-0.2, 0) is 4.79 Å². The third kappa shape index (κ3) is 3.41. The molecule has 1 aromatic carbocycles. The predicted octanol–water partition coefficient (Wildman–Crippen LogP) is 2.99. The molecule has 6 heteroatoms. The van der Waals surface area contributed by atoms with Crippen LogP contribution in [0.2, 0.25) is 0 Å². The summed E-state index contributed by atoms with van der Waals surface area (Å²) in [5, 5.41) is 0. The van der Waals surface area contributed by atoms with Crippen LogP contribution >= 0.6 is 0 Å². The molecule has 0 spiro atoms. The fourth-order valence-corrected chi connectivity index (χ4v) is 2.63. The fourth-order valence-electron chi connectivity index (χ4n) is 2.63. The zero-order valence-electron chi connectivity index (χ0n) is 14.2. The molecule has 0 fully saturated rings. The first-order chi connectivity index (χ1) is 10.9. The van der Waals surface area contributed by atoms with Gasteiger partial charge in [0.2, 0.25) is 6.79 Å². The van der Waals surface area contributed by atoms with Crippen LogP contribution in [0.1, 0.15) is 51.4 Å². The molecule has 0 N–H and O–H groups in total. The Kier molecular flexibility index (Phi) is 5.13. The number of esters is 1. The summed E-state index contributed by atoms with van der Waals surface area (Å²) in [5.74, 6) is 0.382. The van der Waals surface area contributed by atoms with Crippen molar-refractivity contribution in [2.45, 2.75) is 53.1 Å². The van der Waals surface area contributed by atoms with Gasteiger partial charge in [-0.05, 0) is 39.8 Å². The van der Waals surface area contributed by atoms with E-state index < -0.39 is 5.97 Å². The van der Waals surface area contributed by atoms with E-state index in [1.165, 1.54) is 0 Å². The molecule has 2 rings (SSSR count). The topological polar surface area (TPSA) is 65.1 Å². The maximum atomic E-state index is 13.1. The number of nitrogens with zero attached hydrogens (tertiary/aromatic N) is 1. The first kappa shape index (κ1) is 17.1. The maximum absolute atomic E-state index is 13.1. The summed E-state index contributed by atoms with van der Waals surface area (Å²) < 4.78 is 16.1. The van der Waals surface area contributed by atoms with Crippen molar-refractivity contribution in [3.8, 4) is 17.2 Å². The van der Waals surface area contributed by atoms with Crippen molar-refractivity contribution in [1.29, 1.82) is 0 Å². The Bertz CT molecular complexity index is 601. The lowest BCUT2D eigenvalue weighted by Gasteiger charge is -2.31. The number of ether oxygens (including phenoxy) is 3. The van der Waals surface area contributed by atoms with Crippen molar-refractivity contribution >= 4 is 11.9 Å². The Labute approximate surface area is 136 Å². The van der Waals surface area contributed by atoms with Gasteiger partial charge in [-0.15, -0.1) is 0 Å². The normalized spacial score (nSPS) is 12.7. The second kappa shape index (κ2) is 6.89. The van der Waals surface area contributed by atoms with E-state index >= 15 is 0 Å². The standard InChI is InChI=1S/C17H23NO5/c1-6-14(19)23-12-7-8-13-16(22-9-21-13)15(12)17(20)18(10(2)3)11(4)5/h7-8,10-11H,6,9H2,1-5H3. The smallest absolute Gasteiger partial charge is 0.310 e. The van der Waals surface area contributed by atoms with E-state index in [0.717, 1.165) is 0 Å². The molecule has 0 saturated heterocycles. The largest absolute Gasteiger partial charge is 0.454 e. The maximum Gasteiger partial charge on any atom is 0.310 e. The number of hydrogen-bond donors (Lipinski definition) is 0. The van der Waals surface area contributed by atoms with Crippen LogP contribution in [-0.4, -0.2) is 35.7 Å². The van der Waals surface area contributed by atoms with E-state index in [9.17, 15) is 9.59 Å². The van der Waals surface area contributed by atoms with Gasteiger partial charge in [0.1, 0.15) is 11.3 Å². The molecule has 1 aliphatic heterocycles. The monoisotopic (exact) mass is 321 g/mol. The first-order valence-corrected chi connectivity index (χ1v) is 7.82. The molecule has 0 unspecified atom stereocenters. The molecular formula is C17H23NO5. The summed E-state index contributed by atoms with van der Waals surface area (Å²) in [6.45, 7) is 9.51. The van der Waals surface area contributed by atoms with Gasteiger partial charge < -0.3 is 19.1 Å². The number of hydrogen-bond acceptors (Lipinski definition) is 5. The molecule has 1 aromatic rings. The zero-order chi connectivity index (χ0) is 17.1. The van der Waals surface area contributed by atoms with Crippen molar-refractivity contribution in [2.24, 2.45) is 0 Å². The van der Waals surface area contributed by atoms with Crippen LogP contribution in [0, 0.1) is 0 Å². The van der Waals surface area contributed by atoms with Crippen LogP contribution in [0.4, 0.5) is 0 Å². The summed E-state index contributed by atoms with van der Waals surface area (Å²) in [6, 6.07) is 3.21. The van der Waals surface area contributed by atoms with Crippen molar-refractivity contribution in [2.75, 3.05) is 6.79 Å². The molecule has 0 aromatic heterocycles. The van der Waals surface area contributed by atoms with Crippen LogP contribution < -0.4 is 14.2 Å². The van der Waals surface area contributed by atoms with Crippen molar-refractivity contribution < 1.29 is 23.8 Å². The van der Waals surface area contributed by atoms with Gasteiger partial charge in [-0.2, -0.15) is 0 Å². The molecule has 1 heterocycles. The number of benzene rings is 1. The van der Waals surface area contributed by atoms with Gasteiger partial charge in [-0.3, -0.25) is 9.59 Å². The highest BCUT2D eigenvalue weighted by Gasteiger charge is 2.32. The lowest BCUT2D eigenvalue weighted by atomic mass is 10.1. The van der Waals surface area contributed by atoms with Crippen LogP contribution in [0.5, 0.6) is 17.2 Å². The quantitative estimate of drug-likeness (QED) is 0.616. The average molecular weight is 321 g/mol. The van der Waals surface area contributed by atoms with E-state index in [1.54, 1.807) is 24.0 Å². The van der Waals surface area contributed by atoms with Gasteiger partial charge in [-0.1, -0.05) is 6.92 Å². The molecule has 23 heavy (non-hydrogen) atoms. The summed E-state index contributed by atoms with van der Waals surface area (Å²) in [7, 11) is 0. The minimum absolute atomic E-state index is 0.00426. The Morgan fingerprint density at radius 3 is 2.39 bits per heavy atom. The van der Waals surface area contributed by atoms with E-state index in [4.69, 9.17) is 14.2 Å². The fraction of sp³-hybridized carbons (Fsp3) is 0.529. The number of carbonyl (C=O) groups is 2. The second-order valence-electron chi connectivity index (χ2n) is 5.90. The average Bonchev–Trinajstić information content (AvgIpc) is 2.94. The molecule has 126 valence electrons. The second-order valence-corrected chi connectivity index (χ2v) is 5.90. The van der Waals surface area contributed by atoms with Gasteiger partial charge in [0, 0.05) is 18.5 Å². The zero-order valence-corrected chi connectivity index (χ0v) is 14.2. The van der Waals surface area contributed by atoms with Gasteiger partial charge >= 0.3 is 5.97 Å². The minimum atomic E-state index is -0.404. The minimum Gasteiger partial charge on any atom is -0.454 e. The predicted molar refractivity (Wildman–Crippen MR) is 84.9 cm³/mol. The summed E-state index contributed by atoms with van der Waals surface area (Å²) in [6.07, 6.45) is 0.222. The number of carbonyl (C=O) groups excluding carboxylic acids is 2. The van der Waals surface area contributed by atoms with Crippen LogP contribution in [0.3, 0.4) is 0 Å². The van der Waals surface area contributed by atoms with Gasteiger partial charge in [0.15, 0.2) is 11.5 Å². The van der Waals surface area contributed by atoms with Crippen LogP contribution in [0.15, 0.2) is 12.1 Å². The van der Waals surface area contributed by atoms with E-state index in [1.807, 2.05) is 27.7 Å². The highest BCUT2D eigenvalue weighted by molar-refractivity contribution is 6.01. The van der Waals surface area contributed by atoms with Crippen LogP contribution in [0.25, 0.3) is 0 Å². The van der Waals surface area contributed by atoms with Gasteiger partial charge in [0.25, 0.3) is 5.91 Å². The highest BCUT2D eigenvalue weighted by atomic mass is 16.7. The first-order valence-electron chi connectivity index (χ1n) is 7.82. The SMILES string of the molecule is CCC(=O)Oc1ccc2c(c1C(=O)N(C(C)C)C(C)C)OCO2. The highest BCUT2D eigenvalue weighted by Crippen LogP contribution is 2.42. The van der Waals surface area contributed by atoms with Gasteiger partial charge in [0.05, 0.1) is 0 Å². The van der Waals surface area contributed by atoms with Crippen molar-refractivity contribution in [1.82, 2.24) is 4.90 Å². The van der Waals surface area contributed by atoms with Crippen molar-refractivity contribution in [3.05, 3.63) is 17.7 Å². The Morgan fingerprint density at radius 1 is 1.17 bits per heavy atom. The third-order valence-electron chi connectivity index (χ3n) is 3.57. The molecular weight excluding hydrogens is 298 g/mol. The van der Waals surface area contributed by atoms with E-state index in [0.29, 0.717) is 11.5 Å². The molecule has 1 aliphatic rings. The Balaban J connectivity index is 2.51. The van der Waals surface area contributed by atoms with E-state index in [-0.39, 0.29) is 42.5 Å². The number of amides is 1. The van der Waals surface area contributed by atoms with Gasteiger partial charge in [-0.25, -0.2) is 0 Å². The molecule has 0 radical (unpaired) electrons. The summed E-state index contributed by atoms with van der Waals surface area (Å²) in [5.41, 5.74) is 0.240. The lowest BCUT2D eigenvalue weighted by molar-refractivity contribution is -0.134. The molecule has 0 saturated carbocycles. The third-order valence-corrected chi connectivity index (χ3v) is 3.57. The summed E-state index contributed by atoms with van der Waals surface area (Å²) in [4.78, 5) is 26.5. The molecule has 6 nitrogen and oxygen atoms in total. The Morgan fingerprint density at radius 2 is 1.83 bits per heavy atom. The Hall–Kier alpha value is -2.24. The van der Waals surface area contributed by atoms with E-state index in [2.05, 4.69) is 0 Å². The number of rotatable bonds is 5. The molecule has 1 amide bonds. The number of fused-ring (bicyclic) bond motifs is 1. The van der Waals surface area contributed by atoms with Crippen molar-refractivity contribution in [3.63, 3.8) is 0 Å². The summed E-state index contributed by atoms with van der Waals surface area (Å²) >= 11 is 0. The molecule has 0 aliphatic carbocycles. The molecule has 0 bridgehead atoms. The molecule has 0 atom stereocenters.